The molecule has 7 heteroatoms. The van der Waals surface area contributed by atoms with Gasteiger partial charge in [0.2, 0.25) is 0 Å². The number of aryl methyl sites for hydroxylation is 4. The van der Waals surface area contributed by atoms with Crippen LogP contribution in [0.5, 0.6) is 0 Å². The Morgan fingerprint density at radius 2 is 1.77 bits per heavy atom. The first kappa shape index (κ1) is 21.1. The lowest BCUT2D eigenvalue weighted by atomic mass is 10.1. The molecule has 0 saturated heterocycles. The van der Waals surface area contributed by atoms with Crippen molar-refractivity contribution in [1.82, 2.24) is 20.6 Å². The van der Waals surface area contributed by atoms with Crippen molar-refractivity contribution in [2.45, 2.75) is 34.2 Å². The number of hydrogen-bond donors (Lipinski definition) is 3. The summed E-state index contributed by atoms with van der Waals surface area (Å²) in [4.78, 5) is 24.5. The molecule has 0 spiro atoms. The molecule has 30 heavy (non-hydrogen) atoms. The Balaban J connectivity index is 1.53. The second-order valence-electron chi connectivity index (χ2n) is 7.46. The number of carbonyl (C=O) groups excluding carboxylic acids is 2. The summed E-state index contributed by atoms with van der Waals surface area (Å²) in [5, 5.41) is 7.52. The lowest BCUT2D eigenvalue weighted by Crippen LogP contribution is -2.44. The Hall–Kier alpha value is -3.61. The molecule has 0 aliphatic heterocycles. The van der Waals surface area contributed by atoms with Gasteiger partial charge in [-0.15, -0.1) is 0 Å². The van der Waals surface area contributed by atoms with E-state index in [2.05, 4.69) is 21.3 Å². The van der Waals surface area contributed by atoms with Crippen molar-refractivity contribution in [3.8, 4) is 0 Å². The zero-order valence-corrected chi connectivity index (χ0v) is 17.7. The van der Waals surface area contributed by atoms with Gasteiger partial charge in [-0.25, -0.2) is 0 Å². The maximum Gasteiger partial charge on any atom is 0.269 e. The van der Waals surface area contributed by atoms with E-state index in [9.17, 15) is 9.59 Å². The van der Waals surface area contributed by atoms with Crippen molar-refractivity contribution in [3.63, 3.8) is 0 Å². The highest BCUT2D eigenvalue weighted by Gasteiger charge is 2.10. The van der Waals surface area contributed by atoms with Crippen LogP contribution in [0, 0.1) is 27.7 Å². The van der Waals surface area contributed by atoms with E-state index < -0.39 is 0 Å². The van der Waals surface area contributed by atoms with Gasteiger partial charge in [0.1, 0.15) is 0 Å². The van der Waals surface area contributed by atoms with Gasteiger partial charge in [0.05, 0.1) is 18.8 Å². The number of amides is 2. The third kappa shape index (κ3) is 5.47. The van der Waals surface area contributed by atoms with Gasteiger partial charge in [-0.05, 0) is 63.1 Å². The van der Waals surface area contributed by atoms with E-state index in [0.717, 1.165) is 33.8 Å². The largest absolute Gasteiger partial charge is 0.376 e. The van der Waals surface area contributed by atoms with E-state index in [1.165, 1.54) is 0 Å². The molecular formula is C23H27N5O2. The summed E-state index contributed by atoms with van der Waals surface area (Å²) in [5.74, 6) is -0.702. The number of carbonyl (C=O) groups is 2. The van der Waals surface area contributed by atoms with Gasteiger partial charge in [-0.3, -0.25) is 25.1 Å². The molecule has 2 aromatic carbocycles. The number of rotatable bonds is 6. The number of hydrogen-bond acceptors (Lipinski definition) is 4. The Morgan fingerprint density at radius 1 is 0.967 bits per heavy atom. The first-order chi connectivity index (χ1) is 14.3. The summed E-state index contributed by atoms with van der Waals surface area (Å²) in [6.45, 7) is 8.58. The molecule has 0 fully saturated rings. The zero-order chi connectivity index (χ0) is 21.7. The van der Waals surface area contributed by atoms with Crippen LogP contribution in [0.2, 0.25) is 0 Å². The lowest BCUT2D eigenvalue weighted by molar-refractivity contribution is -0.120. The number of hydrazine groups is 1. The molecule has 156 valence electrons. The Bertz CT molecular complexity index is 1070. The van der Waals surface area contributed by atoms with Gasteiger partial charge in [0.15, 0.2) is 0 Å². The number of anilines is 1. The van der Waals surface area contributed by atoms with Crippen molar-refractivity contribution >= 4 is 17.5 Å². The van der Waals surface area contributed by atoms with Crippen LogP contribution in [0.3, 0.4) is 0 Å². The molecule has 2 amide bonds. The van der Waals surface area contributed by atoms with Crippen molar-refractivity contribution in [2.24, 2.45) is 0 Å². The molecule has 1 heterocycles. The zero-order valence-electron chi connectivity index (χ0n) is 17.7. The minimum atomic E-state index is -0.370. The average Bonchev–Trinajstić information content (AvgIpc) is 3.02. The average molecular weight is 406 g/mol. The fourth-order valence-corrected chi connectivity index (χ4v) is 3.25. The molecular weight excluding hydrogens is 378 g/mol. The van der Waals surface area contributed by atoms with Crippen LogP contribution in [-0.4, -0.2) is 28.1 Å². The molecule has 0 atom stereocenters. The summed E-state index contributed by atoms with van der Waals surface area (Å²) in [6, 6.07) is 15.2. The van der Waals surface area contributed by atoms with Crippen molar-refractivity contribution < 1.29 is 9.59 Å². The first-order valence-electron chi connectivity index (χ1n) is 9.82. The summed E-state index contributed by atoms with van der Waals surface area (Å²) in [7, 11) is 0. The van der Waals surface area contributed by atoms with Crippen molar-refractivity contribution in [2.75, 3.05) is 11.9 Å². The van der Waals surface area contributed by atoms with Gasteiger partial charge < -0.3 is 5.32 Å². The molecule has 0 aliphatic carbocycles. The van der Waals surface area contributed by atoms with Crippen molar-refractivity contribution in [3.05, 3.63) is 82.2 Å². The molecule has 3 N–H and O–H groups in total. The molecule has 3 rings (SSSR count). The molecule has 3 aromatic rings. The fraction of sp³-hybridized carbons (Fsp3) is 0.261. The number of benzene rings is 2. The molecule has 0 aliphatic rings. The maximum atomic E-state index is 12.4. The lowest BCUT2D eigenvalue weighted by Gasteiger charge is -2.12. The van der Waals surface area contributed by atoms with Crippen LogP contribution in [0.25, 0.3) is 0 Å². The number of aromatic nitrogens is 2. The minimum Gasteiger partial charge on any atom is -0.376 e. The maximum absolute atomic E-state index is 12.4. The third-order valence-corrected chi connectivity index (χ3v) is 4.76. The quantitative estimate of drug-likeness (QED) is 0.550. The Labute approximate surface area is 176 Å². The summed E-state index contributed by atoms with van der Waals surface area (Å²) >= 11 is 0. The van der Waals surface area contributed by atoms with Crippen LogP contribution in [0.1, 0.15) is 38.4 Å². The highest BCUT2D eigenvalue weighted by Crippen LogP contribution is 2.15. The second-order valence-corrected chi connectivity index (χ2v) is 7.46. The SMILES string of the molecule is Cc1ccc(NCC(=O)NNC(=O)c2cccc(Cn3nc(C)cc3C)c2)c(C)c1. The van der Waals surface area contributed by atoms with Crippen LogP contribution in [0.15, 0.2) is 48.5 Å². The van der Waals surface area contributed by atoms with Gasteiger partial charge >= 0.3 is 0 Å². The van der Waals surface area contributed by atoms with Gasteiger partial charge in [-0.1, -0.05) is 29.8 Å². The molecule has 0 unspecified atom stereocenters. The molecule has 7 nitrogen and oxygen atoms in total. The summed E-state index contributed by atoms with van der Waals surface area (Å²) < 4.78 is 1.90. The summed E-state index contributed by atoms with van der Waals surface area (Å²) in [5.41, 5.74) is 11.5. The van der Waals surface area contributed by atoms with Gasteiger partial charge in [0, 0.05) is 16.9 Å². The van der Waals surface area contributed by atoms with Crippen molar-refractivity contribution in [1.29, 1.82) is 0 Å². The number of nitrogens with one attached hydrogen (secondary N) is 3. The predicted octanol–water partition coefficient (Wildman–Crippen LogP) is 3.04. The molecule has 0 bridgehead atoms. The highest BCUT2D eigenvalue weighted by molar-refractivity contribution is 5.95. The Kier molecular flexibility index (Phi) is 6.51. The van der Waals surface area contributed by atoms with Crippen LogP contribution >= 0.6 is 0 Å². The van der Waals surface area contributed by atoms with Gasteiger partial charge in [0.25, 0.3) is 11.8 Å². The van der Waals surface area contributed by atoms with E-state index in [1.807, 2.05) is 68.8 Å². The number of nitrogens with zero attached hydrogens (tertiary/aromatic N) is 2. The third-order valence-electron chi connectivity index (χ3n) is 4.76. The Morgan fingerprint density at radius 3 is 2.47 bits per heavy atom. The summed E-state index contributed by atoms with van der Waals surface area (Å²) in [6.07, 6.45) is 0. The molecule has 0 radical (unpaired) electrons. The van der Waals surface area contributed by atoms with E-state index in [4.69, 9.17) is 0 Å². The van der Waals surface area contributed by atoms with Crippen LogP contribution in [-0.2, 0) is 11.3 Å². The molecule has 1 aromatic heterocycles. The van der Waals surface area contributed by atoms with Crippen LogP contribution in [0.4, 0.5) is 5.69 Å². The normalized spacial score (nSPS) is 10.5. The second kappa shape index (κ2) is 9.26. The van der Waals surface area contributed by atoms with Gasteiger partial charge in [-0.2, -0.15) is 5.10 Å². The van der Waals surface area contributed by atoms with Crippen LogP contribution < -0.4 is 16.2 Å². The minimum absolute atomic E-state index is 0.0577. The monoisotopic (exact) mass is 405 g/mol. The highest BCUT2D eigenvalue weighted by atomic mass is 16.2. The first-order valence-corrected chi connectivity index (χ1v) is 9.82. The molecule has 0 saturated carbocycles. The fourth-order valence-electron chi connectivity index (χ4n) is 3.25. The smallest absolute Gasteiger partial charge is 0.269 e. The van der Waals surface area contributed by atoms with E-state index in [-0.39, 0.29) is 18.4 Å². The van der Waals surface area contributed by atoms with E-state index >= 15 is 0 Å². The van der Waals surface area contributed by atoms with E-state index in [1.54, 1.807) is 12.1 Å². The topological polar surface area (TPSA) is 88.0 Å². The van der Waals surface area contributed by atoms with E-state index in [0.29, 0.717) is 12.1 Å². The predicted molar refractivity (Wildman–Crippen MR) is 117 cm³/mol. The standard InChI is InChI=1S/C23H27N5O2/c1-15-8-9-21(16(2)10-15)24-13-22(29)25-26-23(30)20-7-5-6-19(12-20)14-28-18(4)11-17(3)27-28/h5-12,24H,13-14H2,1-4H3,(H,25,29)(H,26,30).